The van der Waals surface area contributed by atoms with Gasteiger partial charge in [0.05, 0.1) is 6.42 Å². The summed E-state index contributed by atoms with van der Waals surface area (Å²) in [6.45, 7) is 0. The summed E-state index contributed by atoms with van der Waals surface area (Å²) < 4.78 is 5.18. The van der Waals surface area contributed by atoms with E-state index in [1.165, 1.54) is 0 Å². The van der Waals surface area contributed by atoms with E-state index in [1.54, 1.807) is 12.1 Å². The molecule has 0 bridgehead atoms. The number of esters is 1. The number of hydrogen-bond acceptors (Lipinski definition) is 2. The average molecular weight is 335 g/mol. The zero-order valence-corrected chi connectivity index (χ0v) is 8.80. The first-order chi connectivity index (χ1) is 7.84. The molecule has 0 amide bonds. The second-order valence-electron chi connectivity index (χ2n) is 3.45. The zero-order chi connectivity index (χ0) is 11.2. The minimum atomic E-state index is -0.239. The molecule has 2 nitrogen and oxygen atoms in total. The molecular weight excluding hydrogens is 319 g/mol. The van der Waals surface area contributed by atoms with Crippen LogP contribution in [0.1, 0.15) is 5.56 Å². The van der Waals surface area contributed by atoms with E-state index in [0.29, 0.717) is 12.2 Å². The molecule has 0 aliphatic rings. The van der Waals surface area contributed by atoms with Crippen molar-refractivity contribution in [1.29, 1.82) is 0 Å². The summed E-state index contributed by atoms with van der Waals surface area (Å²) >= 11 is 0. The van der Waals surface area contributed by atoms with Crippen LogP contribution in [0.3, 0.4) is 0 Å². The van der Waals surface area contributed by atoms with Crippen LogP contribution < -0.4 is 4.74 Å². The summed E-state index contributed by atoms with van der Waals surface area (Å²) in [7, 11) is 0. The van der Waals surface area contributed by atoms with Gasteiger partial charge in [-0.05, 0) is 17.7 Å². The van der Waals surface area contributed by atoms with Crippen molar-refractivity contribution in [1.82, 2.24) is 0 Å². The molecular formula is C14H16O2Sn. The Morgan fingerprint density at radius 1 is 0.882 bits per heavy atom. The number of rotatable bonds is 3. The van der Waals surface area contributed by atoms with Gasteiger partial charge in [0, 0.05) is 0 Å². The molecule has 3 heteroatoms. The molecule has 0 fully saturated rings. The van der Waals surface area contributed by atoms with Crippen LogP contribution in [-0.4, -0.2) is 29.9 Å². The second-order valence-corrected chi connectivity index (χ2v) is 3.45. The maximum absolute atomic E-state index is 11.6. The normalized spacial score (nSPS) is 9.18. The van der Waals surface area contributed by atoms with Crippen molar-refractivity contribution in [2.24, 2.45) is 0 Å². The molecule has 2 aromatic rings. The van der Waals surface area contributed by atoms with Crippen molar-refractivity contribution < 1.29 is 9.53 Å². The van der Waals surface area contributed by atoms with Gasteiger partial charge in [0.25, 0.3) is 0 Å². The molecule has 0 unspecified atom stereocenters. The molecule has 0 aliphatic carbocycles. The minimum absolute atomic E-state index is 0. The number of para-hydroxylation sites is 1. The Labute approximate surface area is 118 Å². The van der Waals surface area contributed by atoms with Gasteiger partial charge in [0.2, 0.25) is 0 Å². The van der Waals surface area contributed by atoms with Crippen LogP contribution in [0.25, 0.3) is 0 Å². The summed E-state index contributed by atoms with van der Waals surface area (Å²) in [5.74, 6) is 0.348. The van der Waals surface area contributed by atoms with Crippen LogP contribution in [0.5, 0.6) is 5.75 Å². The molecule has 17 heavy (non-hydrogen) atoms. The molecule has 88 valence electrons. The molecule has 0 heterocycles. The van der Waals surface area contributed by atoms with E-state index < -0.39 is 0 Å². The number of benzene rings is 2. The SMILES string of the molecule is O=C(Cc1ccccc1)Oc1ccccc1.[SnH4]. The van der Waals surface area contributed by atoms with Gasteiger partial charge in [-0.2, -0.15) is 0 Å². The molecule has 0 radical (unpaired) electrons. The molecule has 0 spiro atoms. The Morgan fingerprint density at radius 3 is 2.00 bits per heavy atom. The Morgan fingerprint density at radius 2 is 1.41 bits per heavy atom. The first kappa shape index (κ1) is 13.8. The van der Waals surface area contributed by atoms with E-state index >= 15 is 0 Å². The predicted octanol–water partition coefficient (Wildman–Crippen LogP) is 1.38. The fraction of sp³-hybridized carbons (Fsp3) is 0.0714. The van der Waals surface area contributed by atoms with Crippen molar-refractivity contribution in [2.45, 2.75) is 6.42 Å². The zero-order valence-electron chi connectivity index (χ0n) is 8.80. The second kappa shape index (κ2) is 7.12. The maximum atomic E-state index is 11.6. The van der Waals surface area contributed by atoms with Gasteiger partial charge in [0.1, 0.15) is 5.75 Å². The fourth-order valence-electron chi connectivity index (χ4n) is 1.42. The first-order valence-corrected chi connectivity index (χ1v) is 5.14. The molecule has 2 aromatic carbocycles. The van der Waals surface area contributed by atoms with Crippen LogP contribution in [0, 0.1) is 0 Å². The molecule has 2 rings (SSSR count). The average Bonchev–Trinajstić information content (AvgIpc) is 2.31. The topological polar surface area (TPSA) is 26.3 Å². The van der Waals surface area contributed by atoms with E-state index in [9.17, 15) is 4.79 Å². The van der Waals surface area contributed by atoms with Gasteiger partial charge in [-0.25, -0.2) is 0 Å². The standard InChI is InChI=1S/C14H12O2.Sn.4H/c15-14(11-12-7-3-1-4-8-12)16-13-9-5-2-6-10-13;;;;;/h1-10H,11H2;;;;;. The van der Waals surface area contributed by atoms with Crippen molar-refractivity contribution in [3.63, 3.8) is 0 Å². The van der Waals surface area contributed by atoms with E-state index in [0.717, 1.165) is 5.56 Å². The van der Waals surface area contributed by atoms with E-state index in [2.05, 4.69) is 0 Å². The number of carbonyl (C=O) groups excluding carboxylic acids is 1. The third-order valence-corrected chi connectivity index (χ3v) is 2.17. The van der Waals surface area contributed by atoms with Gasteiger partial charge in [0.15, 0.2) is 0 Å². The van der Waals surface area contributed by atoms with Gasteiger partial charge in [-0.1, -0.05) is 48.5 Å². The first-order valence-electron chi connectivity index (χ1n) is 5.14. The van der Waals surface area contributed by atoms with Gasteiger partial charge < -0.3 is 4.74 Å². The van der Waals surface area contributed by atoms with Crippen molar-refractivity contribution >= 4 is 29.9 Å². The summed E-state index contributed by atoms with van der Waals surface area (Å²) in [6, 6.07) is 18.7. The van der Waals surface area contributed by atoms with Crippen LogP contribution in [-0.2, 0) is 11.2 Å². The Hall–Kier alpha value is -1.29. The summed E-state index contributed by atoms with van der Waals surface area (Å²) in [6.07, 6.45) is 0.301. The molecule has 0 atom stereocenters. The Kier molecular flexibility index (Phi) is 5.77. The summed E-state index contributed by atoms with van der Waals surface area (Å²) in [4.78, 5) is 11.6. The predicted molar refractivity (Wildman–Crippen MR) is 73.6 cm³/mol. The van der Waals surface area contributed by atoms with Crippen molar-refractivity contribution in [3.8, 4) is 5.75 Å². The summed E-state index contributed by atoms with van der Waals surface area (Å²) in [5.41, 5.74) is 0.962. The van der Waals surface area contributed by atoms with Gasteiger partial charge >= 0.3 is 29.9 Å². The molecule has 0 saturated carbocycles. The molecule has 0 aromatic heterocycles. The van der Waals surface area contributed by atoms with Crippen LogP contribution in [0.15, 0.2) is 60.7 Å². The van der Waals surface area contributed by atoms with Crippen LogP contribution in [0.2, 0.25) is 0 Å². The molecule has 0 N–H and O–H groups in total. The van der Waals surface area contributed by atoms with E-state index in [1.807, 2.05) is 48.5 Å². The fourth-order valence-corrected chi connectivity index (χ4v) is 1.42. The van der Waals surface area contributed by atoms with E-state index in [4.69, 9.17) is 4.74 Å². The third kappa shape index (κ3) is 4.61. The molecule has 0 saturated heterocycles. The molecule has 0 aliphatic heterocycles. The van der Waals surface area contributed by atoms with Gasteiger partial charge in [-0.15, -0.1) is 0 Å². The number of ether oxygens (including phenoxy) is 1. The third-order valence-electron chi connectivity index (χ3n) is 2.17. The number of hydrogen-bond donors (Lipinski definition) is 0. The quantitative estimate of drug-likeness (QED) is 0.481. The van der Waals surface area contributed by atoms with Crippen LogP contribution >= 0.6 is 0 Å². The number of carbonyl (C=O) groups is 1. The van der Waals surface area contributed by atoms with Gasteiger partial charge in [-0.3, -0.25) is 4.79 Å². The summed E-state index contributed by atoms with van der Waals surface area (Å²) in [5, 5.41) is 0. The Balaban J connectivity index is 0.00000144. The van der Waals surface area contributed by atoms with E-state index in [-0.39, 0.29) is 29.9 Å². The monoisotopic (exact) mass is 336 g/mol. The van der Waals surface area contributed by atoms with Crippen molar-refractivity contribution in [3.05, 3.63) is 66.2 Å². The Bertz CT molecular complexity index is 411. The van der Waals surface area contributed by atoms with Crippen LogP contribution in [0.4, 0.5) is 0 Å². The van der Waals surface area contributed by atoms with Crippen molar-refractivity contribution in [2.75, 3.05) is 0 Å².